The van der Waals surface area contributed by atoms with Crippen LogP contribution in [-0.2, 0) is 17.8 Å². The number of aliphatic hydroxyl groups excluding tert-OH is 1. The molecule has 0 saturated carbocycles. The van der Waals surface area contributed by atoms with E-state index in [0.717, 1.165) is 23.4 Å². The number of hydrogen-bond acceptors (Lipinski definition) is 3. The highest BCUT2D eigenvalue weighted by Gasteiger charge is 2.32. The first-order valence-electron chi connectivity index (χ1n) is 7.97. The van der Waals surface area contributed by atoms with Crippen LogP contribution in [0, 0.1) is 0 Å². The van der Waals surface area contributed by atoms with Crippen LogP contribution in [0.3, 0.4) is 0 Å². The molecule has 120 valence electrons. The summed E-state index contributed by atoms with van der Waals surface area (Å²) in [4.78, 5) is 14.8. The number of fused-ring (bicyclic) bond motifs is 1. The molecule has 0 unspecified atom stereocenters. The van der Waals surface area contributed by atoms with Crippen molar-refractivity contribution in [1.29, 1.82) is 0 Å². The Bertz CT molecular complexity index is 714. The van der Waals surface area contributed by atoms with E-state index in [1.165, 1.54) is 5.56 Å². The van der Waals surface area contributed by atoms with Crippen LogP contribution in [0.5, 0.6) is 0 Å². The molecule has 0 aliphatic carbocycles. The first-order valence-corrected chi connectivity index (χ1v) is 7.97. The maximum absolute atomic E-state index is 12.9. The number of aliphatic hydroxyl groups is 1. The number of hydrogen-bond donors (Lipinski definition) is 2. The highest BCUT2D eigenvalue weighted by atomic mass is 16.3. The molecular formula is C19H22N2O2. The van der Waals surface area contributed by atoms with Crippen molar-refractivity contribution in [3.63, 3.8) is 0 Å². The van der Waals surface area contributed by atoms with Crippen LogP contribution in [0.4, 0.5) is 11.4 Å². The van der Waals surface area contributed by atoms with Gasteiger partial charge < -0.3 is 15.3 Å². The molecule has 0 aromatic heterocycles. The number of amides is 1. The van der Waals surface area contributed by atoms with Gasteiger partial charge in [0.15, 0.2) is 0 Å². The number of nitrogens with zero attached hydrogens (tertiary/aromatic N) is 1. The fourth-order valence-corrected chi connectivity index (χ4v) is 3.18. The van der Waals surface area contributed by atoms with Crippen LogP contribution in [0.25, 0.3) is 0 Å². The van der Waals surface area contributed by atoms with Crippen molar-refractivity contribution < 1.29 is 9.90 Å². The summed E-state index contributed by atoms with van der Waals surface area (Å²) in [6, 6.07) is 15.4. The summed E-state index contributed by atoms with van der Waals surface area (Å²) in [5, 5.41) is 12.5. The molecule has 0 radical (unpaired) electrons. The second-order valence-electron chi connectivity index (χ2n) is 6.11. The summed E-state index contributed by atoms with van der Waals surface area (Å²) >= 11 is 0. The number of anilines is 2. The molecule has 4 heteroatoms. The zero-order valence-electron chi connectivity index (χ0n) is 13.5. The molecule has 1 aliphatic rings. The Morgan fingerprint density at radius 2 is 2.09 bits per heavy atom. The lowest BCUT2D eigenvalue weighted by atomic mass is 10.1. The molecule has 0 spiro atoms. The van der Waals surface area contributed by atoms with Gasteiger partial charge >= 0.3 is 0 Å². The lowest BCUT2D eigenvalue weighted by Crippen LogP contribution is -2.44. The van der Waals surface area contributed by atoms with E-state index >= 15 is 0 Å². The van der Waals surface area contributed by atoms with Crippen molar-refractivity contribution >= 4 is 17.3 Å². The van der Waals surface area contributed by atoms with E-state index in [1.54, 1.807) is 0 Å². The summed E-state index contributed by atoms with van der Waals surface area (Å²) in [5.74, 6) is 0.0665. The summed E-state index contributed by atoms with van der Waals surface area (Å²) in [6.07, 6.45) is 0.897. The summed E-state index contributed by atoms with van der Waals surface area (Å²) < 4.78 is 0. The first kappa shape index (κ1) is 15.6. The van der Waals surface area contributed by atoms with Gasteiger partial charge in [-0.3, -0.25) is 4.79 Å². The molecule has 0 bridgehead atoms. The minimum Gasteiger partial charge on any atom is -0.392 e. The van der Waals surface area contributed by atoms with Crippen molar-refractivity contribution in [2.45, 2.75) is 39.0 Å². The molecule has 23 heavy (non-hydrogen) atoms. The average molecular weight is 310 g/mol. The van der Waals surface area contributed by atoms with Crippen LogP contribution in [0.1, 0.15) is 25.0 Å². The second-order valence-corrected chi connectivity index (χ2v) is 6.11. The monoisotopic (exact) mass is 310 g/mol. The third kappa shape index (κ3) is 3.08. The SMILES string of the molecule is C[C@H](Nc1cccc(CO)c1)C(=O)N1c2ccccc2C[C@H]1C. The summed E-state index contributed by atoms with van der Waals surface area (Å²) in [6.45, 7) is 3.95. The van der Waals surface area contributed by atoms with Crippen molar-refractivity contribution in [3.05, 3.63) is 59.7 Å². The molecular weight excluding hydrogens is 288 g/mol. The second kappa shape index (κ2) is 6.42. The average Bonchev–Trinajstić information content (AvgIpc) is 2.90. The van der Waals surface area contributed by atoms with Gasteiger partial charge in [-0.25, -0.2) is 0 Å². The Morgan fingerprint density at radius 3 is 2.87 bits per heavy atom. The Hall–Kier alpha value is -2.33. The van der Waals surface area contributed by atoms with E-state index in [4.69, 9.17) is 0 Å². The molecule has 4 nitrogen and oxygen atoms in total. The van der Waals surface area contributed by atoms with Crippen LogP contribution in [-0.4, -0.2) is 23.1 Å². The molecule has 1 heterocycles. The number of carbonyl (C=O) groups is 1. The predicted molar refractivity (Wildman–Crippen MR) is 92.5 cm³/mol. The van der Waals surface area contributed by atoms with Gasteiger partial charge in [0.05, 0.1) is 6.61 Å². The Balaban J connectivity index is 1.77. The molecule has 0 fully saturated rings. The fourth-order valence-electron chi connectivity index (χ4n) is 3.18. The molecule has 2 aromatic carbocycles. The Labute approximate surface area is 136 Å². The van der Waals surface area contributed by atoms with E-state index < -0.39 is 0 Å². The number of carbonyl (C=O) groups excluding carboxylic acids is 1. The van der Waals surface area contributed by atoms with Crippen LogP contribution < -0.4 is 10.2 Å². The highest BCUT2D eigenvalue weighted by molar-refractivity contribution is 6.00. The largest absolute Gasteiger partial charge is 0.392 e. The number of nitrogens with one attached hydrogen (secondary N) is 1. The molecule has 3 rings (SSSR count). The van der Waals surface area contributed by atoms with E-state index in [-0.39, 0.29) is 24.6 Å². The number of benzene rings is 2. The minimum absolute atomic E-state index is 0.00557. The third-order valence-corrected chi connectivity index (χ3v) is 4.31. The van der Waals surface area contributed by atoms with Gasteiger partial charge in [0, 0.05) is 17.4 Å². The van der Waals surface area contributed by atoms with Gasteiger partial charge in [-0.05, 0) is 49.6 Å². The van der Waals surface area contributed by atoms with Gasteiger partial charge in [0.25, 0.3) is 0 Å². The topological polar surface area (TPSA) is 52.6 Å². The van der Waals surface area contributed by atoms with Gasteiger partial charge in [0.2, 0.25) is 5.91 Å². The highest BCUT2D eigenvalue weighted by Crippen LogP contribution is 2.32. The standard InChI is InChI=1S/C19H22N2O2/c1-13-10-16-7-3-4-9-18(16)21(13)19(23)14(2)20-17-8-5-6-15(11-17)12-22/h3-9,11,13-14,20,22H,10,12H2,1-2H3/t13-,14+/m1/s1. The van der Waals surface area contributed by atoms with Crippen LogP contribution in [0.2, 0.25) is 0 Å². The van der Waals surface area contributed by atoms with Crippen molar-refractivity contribution in [3.8, 4) is 0 Å². The molecule has 1 amide bonds. The van der Waals surface area contributed by atoms with Gasteiger partial charge in [-0.15, -0.1) is 0 Å². The van der Waals surface area contributed by atoms with Crippen LogP contribution >= 0.6 is 0 Å². The fraction of sp³-hybridized carbons (Fsp3) is 0.316. The summed E-state index contributed by atoms with van der Waals surface area (Å²) in [7, 11) is 0. The molecule has 2 N–H and O–H groups in total. The molecule has 2 aromatic rings. The van der Waals surface area contributed by atoms with Gasteiger partial charge in [0.1, 0.15) is 6.04 Å². The molecule has 1 aliphatic heterocycles. The lowest BCUT2D eigenvalue weighted by molar-refractivity contribution is -0.119. The van der Waals surface area contributed by atoms with E-state index in [9.17, 15) is 9.90 Å². The van der Waals surface area contributed by atoms with E-state index in [1.807, 2.05) is 54.3 Å². The number of para-hydroxylation sites is 1. The Morgan fingerprint density at radius 1 is 1.30 bits per heavy atom. The Kier molecular flexibility index (Phi) is 4.35. The van der Waals surface area contributed by atoms with Crippen molar-refractivity contribution in [2.75, 3.05) is 10.2 Å². The predicted octanol–water partition coefficient (Wildman–Crippen LogP) is 2.96. The molecule has 0 saturated heterocycles. The summed E-state index contributed by atoms with van der Waals surface area (Å²) in [5.41, 5.74) is 3.91. The lowest BCUT2D eigenvalue weighted by Gasteiger charge is -2.27. The van der Waals surface area contributed by atoms with E-state index in [2.05, 4.69) is 18.3 Å². The quantitative estimate of drug-likeness (QED) is 0.913. The zero-order chi connectivity index (χ0) is 16.4. The normalized spacial score (nSPS) is 17.7. The smallest absolute Gasteiger partial charge is 0.249 e. The zero-order valence-corrected chi connectivity index (χ0v) is 13.5. The van der Waals surface area contributed by atoms with Crippen molar-refractivity contribution in [2.24, 2.45) is 0 Å². The van der Waals surface area contributed by atoms with Gasteiger partial charge in [-0.2, -0.15) is 0 Å². The maximum atomic E-state index is 12.9. The van der Waals surface area contributed by atoms with E-state index in [0.29, 0.717) is 0 Å². The van der Waals surface area contributed by atoms with Crippen LogP contribution in [0.15, 0.2) is 48.5 Å². The molecule has 2 atom stereocenters. The first-order chi connectivity index (χ1) is 11.1. The maximum Gasteiger partial charge on any atom is 0.249 e. The number of rotatable bonds is 4. The minimum atomic E-state index is -0.336. The third-order valence-electron chi connectivity index (χ3n) is 4.31. The van der Waals surface area contributed by atoms with Crippen molar-refractivity contribution in [1.82, 2.24) is 0 Å². The van der Waals surface area contributed by atoms with Gasteiger partial charge in [-0.1, -0.05) is 30.3 Å².